The molecule has 6 heteroatoms. The SMILES string of the molecule is CC(C)(C)c1cccc[c]1[Na].O=P(O)(O)O. The van der Waals surface area contributed by atoms with Gasteiger partial charge in [0.2, 0.25) is 0 Å². The van der Waals surface area contributed by atoms with Crippen LogP contribution in [0.5, 0.6) is 0 Å². The van der Waals surface area contributed by atoms with Gasteiger partial charge in [0.1, 0.15) is 0 Å². The summed E-state index contributed by atoms with van der Waals surface area (Å²) in [5.41, 5.74) is 1.82. The van der Waals surface area contributed by atoms with Gasteiger partial charge in [0, 0.05) is 0 Å². The topological polar surface area (TPSA) is 77.8 Å². The number of hydrogen-bond acceptors (Lipinski definition) is 1. The molecule has 0 aliphatic carbocycles. The molecule has 86 valence electrons. The fraction of sp³-hybridized carbons (Fsp3) is 0.400. The first-order chi connectivity index (χ1) is 7.02. The molecule has 0 atom stereocenters. The summed E-state index contributed by atoms with van der Waals surface area (Å²) in [5, 5.41) is 0. The second kappa shape index (κ2) is 6.31. The molecule has 0 unspecified atom stereocenters. The van der Waals surface area contributed by atoms with Crippen LogP contribution in [-0.2, 0) is 9.98 Å². The minimum absolute atomic E-state index is 0.318. The van der Waals surface area contributed by atoms with E-state index in [1.165, 1.54) is 8.38 Å². The van der Waals surface area contributed by atoms with Crippen molar-refractivity contribution in [2.45, 2.75) is 26.2 Å². The van der Waals surface area contributed by atoms with Crippen LogP contribution in [0, 0.1) is 0 Å². The number of rotatable bonds is 0. The number of benzene rings is 1. The molecular formula is C10H16NaO4P. The van der Waals surface area contributed by atoms with Crippen molar-refractivity contribution in [1.29, 1.82) is 0 Å². The minimum atomic E-state index is -4.64. The van der Waals surface area contributed by atoms with E-state index in [0.717, 1.165) is 27.9 Å². The van der Waals surface area contributed by atoms with Crippen LogP contribution in [0.1, 0.15) is 26.3 Å². The Morgan fingerprint density at radius 2 is 1.50 bits per heavy atom. The van der Waals surface area contributed by atoms with Gasteiger partial charge in [0.05, 0.1) is 0 Å². The van der Waals surface area contributed by atoms with Crippen molar-refractivity contribution in [2.24, 2.45) is 0 Å². The van der Waals surface area contributed by atoms with E-state index >= 15 is 0 Å². The summed E-state index contributed by atoms with van der Waals surface area (Å²) in [4.78, 5) is 21.6. The van der Waals surface area contributed by atoms with Gasteiger partial charge in [-0.05, 0) is 0 Å². The quantitative estimate of drug-likeness (QED) is 0.474. The van der Waals surface area contributed by atoms with Gasteiger partial charge in [-0.1, -0.05) is 0 Å². The van der Waals surface area contributed by atoms with E-state index < -0.39 is 7.82 Å². The van der Waals surface area contributed by atoms with Crippen molar-refractivity contribution in [3.05, 3.63) is 29.8 Å². The third-order valence-corrected chi connectivity index (χ3v) is 2.83. The van der Waals surface area contributed by atoms with Gasteiger partial charge in [-0.15, -0.1) is 0 Å². The monoisotopic (exact) mass is 254 g/mol. The third kappa shape index (κ3) is 8.48. The molecule has 0 aromatic heterocycles. The van der Waals surface area contributed by atoms with E-state index in [1.54, 1.807) is 0 Å². The van der Waals surface area contributed by atoms with E-state index in [2.05, 4.69) is 45.0 Å². The summed E-state index contributed by atoms with van der Waals surface area (Å²) >= 11 is 1.16. The van der Waals surface area contributed by atoms with Crippen molar-refractivity contribution < 1.29 is 19.2 Å². The van der Waals surface area contributed by atoms with Crippen LogP contribution in [0.2, 0.25) is 0 Å². The fourth-order valence-corrected chi connectivity index (χ4v) is 2.52. The average Bonchev–Trinajstić information content (AvgIpc) is 1.99. The molecule has 0 amide bonds. The first kappa shape index (κ1) is 16.3. The number of phosphoric acid groups is 1. The van der Waals surface area contributed by atoms with E-state index in [-0.39, 0.29) is 0 Å². The Morgan fingerprint density at radius 1 is 1.12 bits per heavy atom. The molecule has 0 radical (unpaired) electrons. The molecule has 0 heterocycles. The molecule has 1 aromatic rings. The summed E-state index contributed by atoms with van der Waals surface area (Å²) in [6, 6.07) is 8.72. The van der Waals surface area contributed by atoms with E-state index in [1.807, 2.05) is 0 Å². The Bertz CT molecular complexity index is 372. The number of hydrogen-bond donors (Lipinski definition) is 3. The maximum absolute atomic E-state index is 8.88. The maximum Gasteiger partial charge on any atom is 0.466 e. The Hall–Kier alpha value is 0.330. The minimum Gasteiger partial charge on any atom is -0.303 e. The van der Waals surface area contributed by atoms with Crippen LogP contribution in [-0.4, -0.2) is 42.6 Å². The largest absolute Gasteiger partial charge is 0.466 e. The van der Waals surface area contributed by atoms with Crippen molar-refractivity contribution in [2.75, 3.05) is 0 Å². The zero-order chi connectivity index (χ0) is 13.0. The molecule has 1 aromatic carbocycles. The smallest absolute Gasteiger partial charge is 0.303 e. The predicted octanol–water partition coefficient (Wildman–Crippen LogP) is 0.849. The Kier molecular flexibility index (Phi) is 6.44. The third-order valence-electron chi connectivity index (χ3n) is 1.95. The van der Waals surface area contributed by atoms with Gasteiger partial charge in [0.15, 0.2) is 0 Å². The molecule has 0 spiro atoms. The summed E-state index contributed by atoms with van der Waals surface area (Å²) in [6.07, 6.45) is 0. The zero-order valence-electron chi connectivity index (χ0n) is 10.0. The maximum atomic E-state index is 8.88. The first-order valence-corrected chi connectivity index (χ1v) is 7.43. The standard InChI is InChI=1S/C10H13.Na.H3O4P/c1-10(2,3)9-7-5-4-6-8-9;;1-5(2,3)4/h4-7H,1-3H3;;(H3,1,2,3,4). The van der Waals surface area contributed by atoms with Crippen LogP contribution in [0.25, 0.3) is 0 Å². The van der Waals surface area contributed by atoms with Crippen molar-refractivity contribution in [3.63, 3.8) is 0 Å². The van der Waals surface area contributed by atoms with Gasteiger partial charge >= 0.3 is 94.6 Å². The summed E-state index contributed by atoms with van der Waals surface area (Å²) < 4.78 is 10.4. The normalized spacial score (nSPS) is 11.8. The Labute approximate surface area is 113 Å². The van der Waals surface area contributed by atoms with Gasteiger partial charge < -0.3 is 14.7 Å². The molecular weight excluding hydrogens is 238 g/mol. The van der Waals surface area contributed by atoms with Crippen LogP contribution in [0.4, 0.5) is 0 Å². The van der Waals surface area contributed by atoms with Crippen LogP contribution >= 0.6 is 7.82 Å². The summed E-state index contributed by atoms with van der Waals surface area (Å²) in [6.45, 7) is 6.80. The van der Waals surface area contributed by atoms with Crippen LogP contribution < -0.4 is 2.81 Å². The molecule has 4 nitrogen and oxygen atoms in total. The van der Waals surface area contributed by atoms with Gasteiger partial charge in [0.25, 0.3) is 0 Å². The van der Waals surface area contributed by atoms with Crippen molar-refractivity contribution >= 4 is 38.6 Å². The van der Waals surface area contributed by atoms with Crippen molar-refractivity contribution in [1.82, 2.24) is 0 Å². The fourth-order valence-electron chi connectivity index (χ4n) is 1.41. The summed E-state index contributed by atoms with van der Waals surface area (Å²) in [5.74, 6) is 0. The average molecular weight is 254 g/mol. The van der Waals surface area contributed by atoms with E-state index in [9.17, 15) is 0 Å². The first-order valence-electron chi connectivity index (χ1n) is 4.86. The van der Waals surface area contributed by atoms with Crippen LogP contribution in [0.3, 0.4) is 0 Å². The predicted molar refractivity (Wildman–Crippen MR) is 64.8 cm³/mol. The molecule has 0 aliphatic rings. The second-order valence-corrected chi connectivity index (χ2v) is 6.68. The molecule has 0 saturated carbocycles. The molecule has 1 rings (SSSR count). The molecule has 0 aliphatic heterocycles. The van der Waals surface area contributed by atoms with E-state index in [4.69, 9.17) is 19.2 Å². The van der Waals surface area contributed by atoms with Gasteiger partial charge in [-0.25, -0.2) is 4.57 Å². The molecule has 0 saturated heterocycles. The second-order valence-electron chi connectivity index (χ2n) is 4.58. The molecule has 16 heavy (non-hydrogen) atoms. The molecule has 0 fully saturated rings. The van der Waals surface area contributed by atoms with Gasteiger partial charge in [-0.3, -0.25) is 0 Å². The van der Waals surface area contributed by atoms with Crippen molar-refractivity contribution in [3.8, 4) is 0 Å². The molecule has 0 bridgehead atoms. The Morgan fingerprint density at radius 3 is 1.75 bits per heavy atom. The van der Waals surface area contributed by atoms with E-state index in [0.29, 0.717) is 5.41 Å². The Balaban J connectivity index is 0.000000385. The summed E-state index contributed by atoms with van der Waals surface area (Å²) in [7, 11) is -4.64. The van der Waals surface area contributed by atoms with Crippen LogP contribution in [0.15, 0.2) is 24.3 Å². The zero-order valence-corrected chi connectivity index (χ0v) is 12.9. The molecule has 3 N–H and O–H groups in total. The van der Waals surface area contributed by atoms with Gasteiger partial charge in [-0.2, -0.15) is 0 Å².